The fraction of sp³-hybridized carbons (Fsp3) is 0.267. The highest BCUT2D eigenvalue weighted by molar-refractivity contribution is 7.97. The maximum Gasteiger partial charge on any atom is 0.232 e. The normalized spacial score (nSPS) is 10.7. The lowest BCUT2D eigenvalue weighted by atomic mass is 10.3. The first kappa shape index (κ1) is 16.2. The first-order valence-corrected chi connectivity index (χ1v) is 8.60. The Morgan fingerprint density at radius 3 is 2.58 bits per heavy atom. The first-order chi connectivity index (χ1) is 11.7. The van der Waals surface area contributed by atoms with Crippen LogP contribution in [0, 0.1) is 0 Å². The molecule has 1 aromatic carbocycles. The smallest absolute Gasteiger partial charge is 0.232 e. The number of hydrogen-bond acceptors (Lipinski definition) is 9. The summed E-state index contributed by atoms with van der Waals surface area (Å²) in [7, 11) is 0. The monoisotopic (exact) mass is 343 g/mol. The zero-order valence-corrected chi connectivity index (χ0v) is 14.0. The van der Waals surface area contributed by atoms with Crippen LogP contribution in [-0.4, -0.2) is 25.1 Å². The Bertz CT molecular complexity index is 794. The van der Waals surface area contributed by atoms with E-state index in [4.69, 9.17) is 10.3 Å². The van der Waals surface area contributed by atoms with Gasteiger partial charge in [0.15, 0.2) is 5.82 Å². The molecule has 0 radical (unpaired) electrons. The minimum absolute atomic E-state index is 0.187. The van der Waals surface area contributed by atoms with Gasteiger partial charge in [0, 0.05) is 12.1 Å². The number of nitrogens with zero attached hydrogens (tertiary/aromatic N) is 5. The second-order valence-corrected chi connectivity index (χ2v) is 5.86. The van der Waals surface area contributed by atoms with Crippen molar-refractivity contribution in [2.45, 2.75) is 24.9 Å². The van der Waals surface area contributed by atoms with Crippen LogP contribution in [0.15, 0.2) is 34.9 Å². The second kappa shape index (κ2) is 7.73. The third-order valence-electron chi connectivity index (χ3n) is 3.00. The number of anilines is 3. The van der Waals surface area contributed by atoms with E-state index >= 15 is 0 Å². The van der Waals surface area contributed by atoms with Crippen molar-refractivity contribution in [3.63, 3.8) is 0 Å². The van der Waals surface area contributed by atoms with E-state index in [2.05, 4.69) is 30.4 Å². The Morgan fingerprint density at radius 2 is 1.83 bits per heavy atom. The molecule has 3 N–H and O–H groups in total. The van der Waals surface area contributed by atoms with Crippen LogP contribution in [0.5, 0.6) is 0 Å². The number of aryl methyl sites for hydroxylation is 1. The van der Waals surface area contributed by atoms with Crippen LogP contribution in [-0.2, 0) is 17.9 Å². The van der Waals surface area contributed by atoms with E-state index in [1.807, 2.05) is 37.3 Å². The number of hydrogen-bond donors (Lipinski definition) is 2. The highest BCUT2D eigenvalue weighted by Crippen LogP contribution is 2.17. The molecule has 24 heavy (non-hydrogen) atoms. The molecule has 0 atom stereocenters. The summed E-state index contributed by atoms with van der Waals surface area (Å²) in [4.78, 5) is 16.9. The van der Waals surface area contributed by atoms with Gasteiger partial charge in [0.2, 0.25) is 17.8 Å². The summed E-state index contributed by atoms with van der Waals surface area (Å²) in [5.74, 6) is 3.72. The molecule has 3 rings (SSSR count). The Kier molecular flexibility index (Phi) is 5.22. The van der Waals surface area contributed by atoms with E-state index in [0.29, 0.717) is 35.0 Å². The molecule has 0 amide bonds. The van der Waals surface area contributed by atoms with Crippen molar-refractivity contribution in [3.05, 3.63) is 47.9 Å². The van der Waals surface area contributed by atoms with Crippen molar-refractivity contribution in [3.8, 4) is 0 Å². The molecule has 0 aliphatic carbocycles. The van der Waals surface area contributed by atoms with Crippen molar-refractivity contribution in [1.29, 1.82) is 0 Å². The molecule has 0 spiro atoms. The van der Waals surface area contributed by atoms with Gasteiger partial charge in [-0.3, -0.25) is 0 Å². The molecule has 3 aromatic rings. The Morgan fingerprint density at radius 1 is 1.04 bits per heavy atom. The van der Waals surface area contributed by atoms with Crippen LogP contribution >= 0.6 is 11.8 Å². The average Bonchev–Trinajstić information content (AvgIpc) is 3.03. The van der Waals surface area contributed by atoms with Gasteiger partial charge in [-0.2, -0.15) is 19.9 Å². The van der Waals surface area contributed by atoms with E-state index in [0.717, 1.165) is 12.1 Å². The number of para-hydroxylation sites is 1. The zero-order chi connectivity index (χ0) is 16.8. The van der Waals surface area contributed by atoms with Crippen molar-refractivity contribution in [2.75, 3.05) is 11.1 Å². The van der Waals surface area contributed by atoms with Crippen molar-refractivity contribution in [1.82, 2.24) is 25.1 Å². The van der Waals surface area contributed by atoms with Gasteiger partial charge in [0.25, 0.3) is 0 Å². The van der Waals surface area contributed by atoms with E-state index in [1.54, 1.807) is 11.8 Å². The number of benzene rings is 1. The lowest BCUT2D eigenvalue weighted by Gasteiger charge is -2.06. The highest BCUT2D eigenvalue weighted by atomic mass is 32.2. The summed E-state index contributed by atoms with van der Waals surface area (Å²) >= 11 is 1.59. The molecule has 0 fully saturated rings. The maximum atomic E-state index is 5.77. The first-order valence-electron chi connectivity index (χ1n) is 7.44. The molecule has 8 nitrogen and oxygen atoms in total. The van der Waals surface area contributed by atoms with Gasteiger partial charge in [-0.05, 0) is 12.1 Å². The molecule has 124 valence electrons. The molecule has 0 saturated carbocycles. The molecule has 9 heteroatoms. The van der Waals surface area contributed by atoms with Crippen LogP contribution < -0.4 is 11.1 Å². The van der Waals surface area contributed by atoms with E-state index in [9.17, 15) is 0 Å². The average molecular weight is 343 g/mol. The predicted octanol–water partition coefficient (Wildman–Crippen LogP) is 2.58. The van der Waals surface area contributed by atoms with Crippen molar-refractivity contribution < 1.29 is 4.52 Å². The number of nitrogens with two attached hydrogens (primary N) is 1. The number of nitrogen functional groups attached to an aromatic ring is 1. The maximum absolute atomic E-state index is 5.77. The largest absolute Gasteiger partial charge is 0.368 e. The summed E-state index contributed by atoms with van der Waals surface area (Å²) in [5, 5.41) is 7.03. The summed E-state index contributed by atoms with van der Waals surface area (Å²) in [6.45, 7) is 1.97. The molecular weight excluding hydrogens is 326 g/mol. The summed E-state index contributed by atoms with van der Waals surface area (Å²) < 4.78 is 5.08. The van der Waals surface area contributed by atoms with Crippen LogP contribution in [0.3, 0.4) is 0 Å². The highest BCUT2D eigenvalue weighted by Gasteiger charge is 2.08. The fourth-order valence-corrected chi connectivity index (χ4v) is 2.65. The number of nitrogens with one attached hydrogen (secondary N) is 1. The van der Waals surface area contributed by atoms with Crippen LogP contribution in [0.2, 0.25) is 0 Å². The molecule has 0 saturated heterocycles. The van der Waals surface area contributed by atoms with Gasteiger partial charge in [0.05, 0.1) is 11.5 Å². The Labute approximate surface area is 143 Å². The van der Waals surface area contributed by atoms with Gasteiger partial charge in [-0.15, -0.1) is 11.8 Å². The molecule has 0 aliphatic rings. The summed E-state index contributed by atoms with van der Waals surface area (Å²) in [6.07, 6.45) is 0.732. The predicted molar refractivity (Wildman–Crippen MR) is 92.6 cm³/mol. The lowest BCUT2D eigenvalue weighted by molar-refractivity contribution is 0.378. The third kappa shape index (κ3) is 4.42. The van der Waals surface area contributed by atoms with Crippen LogP contribution in [0.1, 0.15) is 24.5 Å². The van der Waals surface area contributed by atoms with Gasteiger partial charge < -0.3 is 15.6 Å². The molecule has 0 bridgehead atoms. The topological polar surface area (TPSA) is 116 Å². The standard InChI is InChI=1S/C15H17N7OS/c1-2-13-18-12(22-23-13)9-24-8-11-19-14(16)21-15(20-11)17-10-6-4-3-5-7-10/h3-7H,2,8-9H2,1H3,(H3,16,17,19,20,21). The van der Waals surface area contributed by atoms with Gasteiger partial charge in [-0.25, -0.2) is 0 Å². The molecule has 2 heterocycles. The van der Waals surface area contributed by atoms with Gasteiger partial charge >= 0.3 is 0 Å². The van der Waals surface area contributed by atoms with Gasteiger partial charge in [0.1, 0.15) is 5.82 Å². The van der Waals surface area contributed by atoms with Crippen LogP contribution in [0.25, 0.3) is 0 Å². The lowest BCUT2D eigenvalue weighted by Crippen LogP contribution is -2.06. The quantitative estimate of drug-likeness (QED) is 0.667. The molecule has 2 aromatic heterocycles. The Hall–Kier alpha value is -2.68. The minimum atomic E-state index is 0.187. The second-order valence-electron chi connectivity index (χ2n) is 4.88. The van der Waals surface area contributed by atoms with E-state index < -0.39 is 0 Å². The van der Waals surface area contributed by atoms with Gasteiger partial charge in [-0.1, -0.05) is 30.3 Å². The number of rotatable bonds is 7. The Balaban J connectivity index is 1.61. The molecule has 0 unspecified atom stereocenters. The van der Waals surface area contributed by atoms with Crippen molar-refractivity contribution >= 4 is 29.3 Å². The SMILES string of the molecule is CCc1nc(CSCc2nc(N)nc(Nc3ccccc3)n2)no1. The van der Waals surface area contributed by atoms with Crippen molar-refractivity contribution in [2.24, 2.45) is 0 Å². The molecular formula is C15H17N7OS. The van der Waals surface area contributed by atoms with E-state index in [1.165, 1.54) is 0 Å². The van der Waals surface area contributed by atoms with E-state index in [-0.39, 0.29) is 5.95 Å². The summed E-state index contributed by atoms with van der Waals surface area (Å²) in [6, 6.07) is 9.65. The fourth-order valence-electron chi connectivity index (χ4n) is 1.93. The summed E-state index contributed by atoms with van der Waals surface area (Å²) in [5.41, 5.74) is 6.66. The number of thioether (sulfide) groups is 1. The third-order valence-corrected chi connectivity index (χ3v) is 3.93. The zero-order valence-electron chi connectivity index (χ0n) is 13.1. The van der Waals surface area contributed by atoms with Crippen LogP contribution in [0.4, 0.5) is 17.6 Å². The molecule has 0 aliphatic heterocycles. The minimum Gasteiger partial charge on any atom is -0.368 e. The number of aromatic nitrogens is 5.